The third-order valence-corrected chi connectivity index (χ3v) is 4.07. The molecule has 0 spiro atoms. The highest BCUT2D eigenvalue weighted by molar-refractivity contribution is 5.96. The van der Waals surface area contributed by atoms with E-state index in [9.17, 15) is 22.8 Å². The summed E-state index contributed by atoms with van der Waals surface area (Å²) >= 11 is 0. The number of benzene rings is 1. The SMILES string of the molecule is Cc1nc2nc(C(F)(F)F)nn2c(C)c1CC(=O)Nc1cccc(C(N)=O)c1. The number of nitrogens with one attached hydrogen (secondary N) is 1. The van der Waals surface area contributed by atoms with Crippen LogP contribution in [0.3, 0.4) is 0 Å². The smallest absolute Gasteiger partial charge is 0.366 e. The van der Waals surface area contributed by atoms with Crippen LogP contribution in [0.25, 0.3) is 5.78 Å². The Morgan fingerprint density at radius 1 is 1.21 bits per heavy atom. The van der Waals surface area contributed by atoms with Crippen LogP contribution in [0.4, 0.5) is 18.9 Å². The number of alkyl halides is 3. The molecular weight excluding hydrogens is 377 g/mol. The van der Waals surface area contributed by atoms with Gasteiger partial charge in [0.05, 0.1) is 6.42 Å². The van der Waals surface area contributed by atoms with Gasteiger partial charge in [-0.25, -0.2) is 9.50 Å². The number of nitrogens with two attached hydrogens (primary N) is 1. The number of rotatable bonds is 4. The van der Waals surface area contributed by atoms with Crippen LogP contribution in [0.15, 0.2) is 24.3 Å². The van der Waals surface area contributed by atoms with E-state index in [-0.39, 0.29) is 17.8 Å². The Labute approximate surface area is 156 Å². The Bertz CT molecular complexity index is 1090. The molecule has 146 valence electrons. The number of nitrogens with zero attached hydrogens (tertiary/aromatic N) is 4. The van der Waals surface area contributed by atoms with Crippen LogP contribution in [-0.4, -0.2) is 31.4 Å². The molecule has 0 aliphatic heterocycles. The van der Waals surface area contributed by atoms with Crippen molar-refractivity contribution in [2.24, 2.45) is 5.73 Å². The standard InChI is InChI=1S/C17H15F3N6O2/c1-8-12(7-13(27)23-11-5-3-4-10(6-11)14(21)28)9(2)26-16(22-8)24-15(25-26)17(18,19)20/h3-6H,7H2,1-2H3,(H2,21,28)(H,23,27). The number of hydrogen-bond donors (Lipinski definition) is 2. The summed E-state index contributed by atoms with van der Waals surface area (Å²) in [4.78, 5) is 31.0. The maximum atomic E-state index is 12.8. The highest BCUT2D eigenvalue weighted by Crippen LogP contribution is 2.27. The van der Waals surface area contributed by atoms with Crippen LogP contribution in [0, 0.1) is 13.8 Å². The van der Waals surface area contributed by atoms with Crippen molar-refractivity contribution in [1.82, 2.24) is 19.6 Å². The Kier molecular flexibility index (Phi) is 4.75. The van der Waals surface area contributed by atoms with E-state index in [2.05, 4.69) is 20.4 Å². The first-order chi connectivity index (χ1) is 13.1. The molecule has 0 saturated carbocycles. The van der Waals surface area contributed by atoms with E-state index in [0.717, 1.165) is 4.52 Å². The highest BCUT2D eigenvalue weighted by atomic mass is 19.4. The molecule has 2 aromatic heterocycles. The molecule has 3 aromatic rings. The number of halogens is 3. The van der Waals surface area contributed by atoms with Crippen molar-refractivity contribution in [2.45, 2.75) is 26.4 Å². The number of amides is 2. The molecule has 11 heteroatoms. The highest BCUT2D eigenvalue weighted by Gasteiger charge is 2.37. The van der Waals surface area contributed by atoms with Gasteiger partial charge in [-0.15, -0.1) is 5.10 Å². The number of carbonyl (C=O) groups is 2. The van der Waals surface area contributed by atoms with Gasteiger partial charge in [-0.1, -0.05) is 6.07 Å². The molecule has 8 nitrogen and oxygen atoms in total. The summed E-state index contributed by atoms with van der Waals surface area (Å²) in [5.41, 5.74) is 6.92. The topological polar surface area (TPSA) is 115 Å². The zero-order valence-corrected chi connectivity index (χ0v) is 14.8. The van der Waals surface area contributed by atoms with Crippen LogP contribution in [0.2, 0.25) is 0 Å². The van der Waals surface area contributed by atoms with Gasteiger partial charge in [0.25, 0.3) is 11.6 Å². The van der Waals surface area contributed by atoms with E-state index < -0.39 is 23.8 Å². The molecule has 3 rings (SSSR count). The van der Waals surface area contributed by atoms with Crippen LogP contribution >= 0.6 is 0 Å². The van der Waals surface area contributed by atoms with E-state index in [1.807, 2.05) is 0 Å². The van der Waals surface area contributed by atoms with E-state index >= 15 is 0 Å². The minimum Gasteiger partial charge on any atom is -0.366 e. The van der Waals surface area contributed by atoms with E-state index in [0.29, 0.717) is 22.6 Å². The van der Waals surface area contributed by atoms with Crippen molar-refractivity contribution in [3.63, 3.8) is 0 Å². The predicted molar refractivity (Wildman–Crippen MR) is 92.6 cm³/mol. The maximum Gasteiger partial charge on any atom is 0.453 e. The molecular formula is C17H15F3N6O2. The summed E-state index contributed by atoms with van der Waals surface area (Å²) in [6.07, 6.45) is -4.85. The third-order valence-electron chi connectivity index (χ3n) is 4.07. The van der Waals surface area contributed by atoms with Gasteiger partial charge >= 0.3 is 6.18 Å². The molecule has 0 aliphatic carbocycles. The zero-order valence-electron chi connectivity index (χ0n) is 14.8. The van der Waals surface area contributed by atoms with Crippen molar-refractivity contribution in [1.29, 1.82) is 0 Å². The molecule has 2 amide bonds. The van der Waals surface area contributed by atoms with Gasteiger partial charge in [0, 0.05) is 28.2 Å². The number of primary amides is 1. The molecule has 0 fully saturated rings. The van der Waals surface area contributed by atoms with Gasteiger partial charge < -0.3 is 11.1 Å². The van der Waals surface area contributed by atoms with E-state index in [1.165, 1.54) is 19.1 Å². The summed E-state index contributed by atoms with van der Waals surface area (Å²) in [7, 11) is 0. The molecule has 0 bridgehead atoms. The fraction of sp³-hybridized carbons (Fsp3) is 0.235. The van der Waals surface area contributed by atoms with E-state index in [4.69, 9.17) is 5.73 Å². The lowest BCUT2D eigenvalue weighted by atomic mass is 10.1. The predicted octanol–water partition coefficient (Wildman–Crippen LogP) is 2.04. The molecule has 2 heterocycles. The number of aromatic nitrogens is 4. The van der Waals surface area contributed by atoms with Crippen LogP contribution in [-0.2, 0) is 17.4 Å². The van der Waals surface area contributed by atoms with Gasteiger partial charge in [0.1, 0.15) is 0 Å². The van der Waals surface area contributed by atoms with Gasteiger partial charge in [0.15, 0.2) is 0 Å². The number of hydrogen-bond acceptors (Lipinski definition) is 5. The Hall–Kier alpha value is -3.50. The summed E-state index contributed by atoms with van der Waals surface area (Å²) in [5.74, 6) is -2.57. The molecule has 0 atom stereocenters. The molecule has 0 saturated heterocycles. The van der Waals surface area contributed by atoms with Gasteiger partial charge in [-0.3, -0.25) is 9.59 Å². The van der Waals surface area contributed by atoms with Gasteiger partial charge in [-0.2, -0.15) is 18.2 Å². The summed E-state index contributed by atoms with van der Waals surface area (Å²) < 4.78 is 39.5. The number of fused-ring (bicyclic) bond motifs is 1. The second-order valence-electron chi connectivity index (χ2n) is 6.08. The zero-order chi connectivity index (χ0) is 20.6. The van der Waals surface area contributed by atoms with Gasteiger partial charge in [-0.05, 0) is 32.0 Å². The molecule has 1 aromatic carbocycles. The van der Waals surface area contributed by atoms with Crippen LogP contribution in [0.5, 0.6) is 0 Å². The van der Waals surface area contributed by atoms with Crippen molar-refractivity contribution in [2.75, 3.05) is 5.32 Å². The van der Waals surface area contributed by atoms with Crippen molar-refractivity contribution in [3.8, 4) is 0 Å². The number of anilines is 1. The normalized spacial score (nSPS) is 11.6. The third kappa shape index (κ3) is 3.77. The van der Waals surface area contributed by atoms with Crippen LogP contribution < -0.4 is 11.1 Å². The van der Waals surface area contributed by atoms with Crippen molar-refractivity contribution < 1.29 is 22.8 Å². The Balaban J connectivity index is 1.88. The average molecular weight is 392 g/mol. The summed E-state index contributed by atoms with van der Waals surface area (Å²) in [6.45, 7) is 3.11. The molecule has 0 radical (unpaired) electrons. The fourth-order valence-electron chi connectivity index (χ4n) is 2.70. The lowest BCUT2D eigenvalue weighted by Crippen LogP contribution is -2.18. The second-order valence-corrected chi connectivity index (χ2v) is 6.08. The van der Waals surface area contributed by atoms with Crippen LogP contribution in [0.1, 0.15) is 33.1 Å². The maximum absolute atomic E-state index is 12.8. The largest absolute Gasteiger partial charge is 0.453 e. The minimum atomic E-state index is -4.70. The Morgan fingerprint density at radius 2 is 1.93 bits per heavy atom. The molecule has 0 unspecified atom stereocenters. The molecule has 28 heavy (non-hydrogen) atoms. The lowest BCUT2D eigenvalue weighted by molar-refractivity contribution is -0.144. The second kappa shape index (κ2) is 6.91. The monoisotopic (exact) mass is 392 g/mol. The van der Waals surface area contributed by atoms with Crippen molar-refractivity contribution >= 4 is 23.3 Å². The molecule has 3 N–H and O–H groups in total. The number of carbonyl (C=O) groups excluding carboxylic acids is 2. The van der Waals surface area contributed by atoms with Crippen molar-refractivity contribution in [3.05, 3.63) is 52.6 Å². The first kappa shape index (κ1) is 19.3. The quantitative estimate of drug-likeness (QED) is 0.705. The number of aryl methyl sites for hydroxylation is 2. The minimum absolute atomic E-state index is 0.150. The average Bonchev–Trinajstić information content (AvgIpc) is 3.03. The van der Waals surface area contributed by atoms with E-state index in [1.54, 1.807) is 19.1 Å². The Morgan fingerprint density at radius 3 is 2.57 bits per heavy atom. The fourth-order valence-corrected chi connectivity index (χ4v) is 2.70. The first-order valence-corrected chi connectivity index (χ1v) is 8.06. The summed E-state index contributed by atoms with van der Waals surface area (Å²) in [5, 5.41) is 6.06. The molecule has 0 aliphatic rings. The lowest BCUT2D eigenvalue weighted by Gasteiger charge is -2.11. The first-order valence-electron chi connectivity index (χ1n) is 8.06. The summed E-state index contributed by atoms with van der Waals surface area (Å²) in [6, 6.07) is 6.08. The van der Waals surface area contributed by atoms with Gasteiger partial charge in [0.2, 0.25) is 11.8 Å².